The van der Waals surface area contributed by atoms with Crippen molar-refractivity contribution in [1.29, 1.82) is 0 Å². The fraction of sp³-hybridized carbons (Fsp3) is 0.176. The highest BCUT2D eigenvalue weighted by Gasteiger charge is 2.08. The molecule has 2 N–H and O–H groups in total. The number of ether oxygens (including phenoxy) is 1. The molecule has 0 bridgehead atoms. The number of halogens is 1. The third-order valence-electron chi connectivity index (χ3n) is 2.77. The van der Waals surface area contributed by atoms with Gasteiger partial charge in [-0.05, 0) is 37.3 Å². The Balaban J connectivity index is 2.03. The monoisotopic (exact) mass is 329 g/mol. The number of rotatable bonds is 3. The van der Waals surface area contributed by atoms with Crippen molar-refractivity contribution < 1.29 is 4.74 Å². The van der Waals surface area contributed by atoms with Gasteiger partial charge in [-0.2, -0.15) is 0 Å². The van der Waals surface area contributed by atoms with Crippen molar-refractivity contribution in [2.45, 2.75) is 13.0 Å². The molecule has 0 spiro atoms. The first-order valence-corrected chi connectivity index (χ1v) is 7.18. The molecule has 2 rings (SSSR count). The molecule has 0 saturated heterocycles. The van der Waals surface area contributed by atoms with Crippen LogP contribution in [0.15, 0.2) is 53.0 Å². The first-order chi connectivity index (χ1) is 9.66. The van der Waals surface area contributed by atoms with Crippen molar-refractivity contribution in [2.24, 2.45) is 5.73 Å². The van der Waals surface area contributed by atoms with Crippen molar-refractivity contribution in [3.63, 3.8) is 0 Å². The summed E-state index contributed by atoms with van der Waals surface area (Å²) in [4.78, 5) is 0. The molecule has 2 aromatic rings. The van der Waals surface area contributed by atoms with E-state index in [0.717, 1.165) is 21.3 Å². The molecule has 20 heavy (non-hydrogen) atoms. The van der Waals surface area contributed by atoms with Crippen LogP contribution >= 0.6 is 15.9 Å². The molecule has 102 valence electrons. The molecule has 0 saturated carbocycles. The van der Waals surface area contributed by atoms with Crippen LogP contribution in [0.5, 0.6) is 5.75 Å². The van der Waals surface area contributed by atoms with Crippen LogP contribution in [-0.2, 0) is 0 Å². The van der Waals surface area contributed by atoms with Gasteiger partial charge in [0.1, 0.15) is 12.4 Å². The van der Waals surface area contributed by atoms with Crippen LogP contribution < -0.4 is 10.5 Å². The van der Waals surface area contributed by atoms with E-state index in [-0.39, 0.29) is 6.04 Å². The highest BCUT2D eigenvalue weighted by atomic mass is 79.9. The largest absolute Gasteiger partial charge is 0.481 e. The van der Waals surface area contributed by atoms with Crippen LogP contribution in [0.1, 0.15) is 24.1 Å². The fourth-order valence-electron chi connectivity index (χ4n) is 1.78. The minimum Gasteiger partial charge on any atom is -0.481 e. The maximum Gasteiger partial charge on any atom is 0.149 e. The minimum atomic E-state index is -0.0791. The Hall–Kier alpha value is -1.76. The van der Waals surface area contributed by atoms with Gasteiger partial charge in [0.2, 0.25) is 0 Å². The molecule has 2 nitrogen and oxygen atoms in total. The van der Waals surface area contributed by atoms with Crippen LogP contribution in [0, 0.1) is 11.8 Å². The van der Waals surface area contributed by atoms with E-state index in [2.05, 4.69) is 27.8 Å². The Labute approximate surface area is 128 Å². The molecule has 0 aromatic heterocycles. The van der Waals surface area contributed by atoms with E-state index < -0.39 is 0 Å². The van der Waals surface area contributed by atoms with E-state index in [9.17, 15) is 0 Å². The Morgan fingerprint density at radius 3 is 2.65 bits per heavy atom. The molecule has 0 heterocycles. The number of benzene rings is 2. The lowest BCUT2D eigenvalue weighted by Crippen LogP contribution is -2.08. The Bertz CT molecular complexity index is 626. The summed E-state index contributed by atoms with van der Waals surface area (Å²) in [5.74, 6) is 6.85. The zero-order valence-corrected chi connectivity index (χ0v) is 12.9. The normalized spacial score (nSPS) is 11.3. The van der Waals surface area contributed by atoms with Gasteiger partial charge in [0.25, 0.3) is 0 Å². The van der Waals surface area contributed by atoms with Crippen LogP contribution in [-0.4, -0.2) is 6.61 Å². The predicted octanol–water partition coefficient (Wildman–Crippen LogP) is 3.90. The fourth-order valence-corrected chi connectivity index (χ4v) is 2.16. The predicted molar refractivity (Wildman–Crippen MR) is 85.6 cm³/mol. The standard InChI is InChI=1S/C17H16BrNO/c1-13(19)16-12-15(18)9-10-17(16)20-11-5-8-14-6-3-2-4-7-14/h2-4,6-7,9-10,12-13H,11,19H2,1H3. The van der Waals surface area contributed by atoms with Crippen LogP contribution in [0.4, 0.5) is 0 Å². The van der Waals surface area contributed by atoms with E-state index in [1.807, 2.05) is 55.5 Å². The summed E-state index contributed by atoms with van der Waals surface area (Å²) in [5.41, 5.74) is 7.90. The van der Waals surface area contributed by atoms with Crippen molar-refractivity contribution in [3.05, 3.63) is 64.1 Å². The van der Waals surface area contributed by atoms with Gasteiger partial charge in [-0.25, -0.2) is 0 Å². The summed E-state index contributed by atoms with van der Waals surface area (Å²) in [6.07, 6.45) is 0. The number of hydrogen-bond donors (Lipinski definition) is 1. The molecular formula is C17H16BrNO. The summed E-state index contributed by atoms with van der Waals surface area (Å²) >= 11 is 3.44. The third-order valence-corrected chi connectivity index (χ3v) is 3.26. The Morgan fingerprint density at radius 2 is 1.95 bits per heavy atom. The second-order valence-corrected chi connectivity index (χ2v) is 5.34. The second-order valence-electron chi connectivity index (χ2n) is 4.43. The average Bonchev–Trinajstić information content (AvgIpc) is 2.45. The third kappa shape index (κ3) is 4.12. The van der Waals surface area contributed by atoms with Gasteiger partial charge in [-0.3, -0.25) is 0 Å². The summed E-state index contributed by atoms with van der Waals surface area (Å²) in [6, 6.07) is 15.6. The van der Waals surface area contributed by atoms with E-state index >= 15 is 0 Å². The molecule has 0 aliphatic carbocycles. The topological polar surface area (TPSA) is 35.2 Å². The molecule has 1 atom stereocenters. The van der Waals surface area contributed by atoms with Gasteiger partial charge in [-0.1, -0.05) is 46.0 Å². The Kier molecular flexibility index (Phi) is 5.23. The van der Waals surface area contributed by atoms with E-state index in [1.54, 1.807) is 0 Å². The molecule has 0 aliphatic heterocycles. The van der Waals surface area contributed by atoms with Crippen LogP contribution in [0.2, 0.25) is 0 Å². The van der Waals surface area contributed by atoms with Gasteiger partial charge in [-0.15, -0.1) is 0 Å². The van der Waals surface area contributed by atoms with E-state index in [1.165, 1.54) is 0 Å². The molecule has 0 fully saturated rings. The van der Waals surface area contributed by atoms with Gasteiger partial charge in [0, 0.05) is 21.6 Å². The first kappa shape index (κ1) is 14.6. The van der Waals surface area contributed by atoms with Crippen LogP contribution in [0.25, 0.3) is 0 Å². The van der Waals surface area contributed by atoms with Crippen molar-refractivity contribution in [3.8, 4) is 17.6 Å². The van der Waals surface area contributed by atoms with Crippen molar-refractivity contribution in [2.75, 3.05) is 6.61 Å². The van der Waals surface area contributed by atoms with Gasteiger partial charge < -0.3 is 10.5 Å². The SMILES string of the molecule is CC(N)c1cc(Br)ccc1OCC#Cc1ccccc1. The lowest BCUT2D eigenvalue weighted by molar-refractivity contribution is 0.364. The zero-order valence-electron chi connectivity index (χ0n) is 11.3. The molecule has 0 aliphatic rings. The minimum absolute atomic E-state index is 0.0791. The molecule has 2 aromatic carbocycles. The lowest BCUT2D eigenvalue weighted by Gasteiger charge is -2.12. The van der Waals surface area contributed by atoms with Crippen LogP contribution in [0.3, 0.4) is 0 Å². The van der Waals surface area contributed by atoms with Gasteiger partial charge in [0.15, 0.2) is 0 Å². The smallest absolute Gasteiger partial charge is 0.149 e. The molecular weight excluding hydrogens is 314 g/mol. The number of hydrogen-bond acceptors (Lipinski definition) is 2. The molecule has 0 amide bonds. The molecule has 0 radical (unpaired) electrons. The van der Waals surface area contributed by atoms with E-state index in [0.29, 0.717) is 6.61 Å². The highest BCUT2D eigenvalue weighted by Crippen LogP contribution is 2.27. The quantitative estimate of drug-likeness (QED) is 0.867. The maximum absolute atomic E-state index is 5.94. The summed E-state index contributed by atoms with van der Waals surface area (Å²) in [7, 11) is 0. The second kappa shape index (κ2) is 7.14. The van der Waals surface area contributed by atoms with Crippen molar-refractivity contribution >= 4 is 15.9 Å². The zero-order chi connectivity index (χ0) is 14.4. The van der Waals surface area contributed by atoms with E-state index in [4.69, 9.17) is 10.5 Å². The summed E-state index contributed by atoms with van der Waals surface area (Å²) in [6.45, 7) is 2.28. The highest BCUT2D eigenvalue weighted by molar-refractivity contribution is 9.10. The average molecular weight is 330 g/mol. The molecule has 3 heteroatoms. The summed E-state index contributed by atoms with van der Waals surface area (Å²) in [5, 5.41) is 0. The Morgan fingerprint density at radius 1 is 1.20 bits per heavy atom. The summed E-state index contributed by atoms with van der Waals surface area (Å²) < 4.78 is 6.69. The van der Waals surface area contributed by atoms with Gasteiger partial charge in [0.05, 0.1) is 0 Å². The molecule has 1 unspecified atom stereocenters. The number of nitrogens with two attached hydrogens (primary N) is 1. The first-order valence-electron chi connectivity index (χ1n) is 6.38. The van der Waals surface area contributed by atoms with Crippen molar-refractivity contribution in [1.82, 2.24) is 0 Å². The maximum atomic E-state index is 5.94. The van der Waals surface area contributed by atoms with Gasteiger partial charge >= 0.3 is 0 Å². The lowest BCUT2D eigenvalue weighted by atomic mass is 10.1.